The molecule has 0 radical (unpaired) electrons. The van der Waals surface area contributed by atoms with Crippen LogP contribution >= 0.6 is 11.8 Å². The van der Waals surface area contributed by atoms with Crippen LogP contribution in [0.2, 0.25) is 0 Å². The molecule has 0 aromatic rings. The van der Waals surface area contributed by atoms with E-state index in [1.807, 2.05) is 11.8 Å². The average Bonchev–Trinajstić information content (AvgIpc) is 1.91. The predicted molar refractivity (Wildman–Crippen MR) is 46.8 cm³/mol. The van der Waals surface area contributed by atoms with E-state index in [0.29, 0.717) is 13.1 Å². The molecule has 58 valence electrons. The highest BCUT2D eigenvalue weighted by Gasteiger charge is 1.67. The van der Waals surface area contributed by atoms with Crippen LogP contribution in [-0.4, -0.2) is 24.6 Å². The van der Waals surface area contributed by atoms with Crippen LogP contribution in [0.3, 0.4) is 0 Å². The molecule has 9 heavy (non-hydrogen) atoms. The topological polar surface area (TPSA) is 52.0 Å². The second-order valence-corrected chi connectivity index (χ2v) is 2.92. The van der Waals surface area contributed by atoms with Crippen molar-refractivity contribution in [2.75, 3.05) is 24.6 Å². The summed E-state index contributed by atoms with van der Waals surface area (Å²) in [7, 11) is 0. The van der Waals surface area contributed by atoms with Crippen molar-refractivity contribution in [1.82, 2.24) is 0 Å². The lowest BCUT2D eigenvalue weighted by molar-refractivity contribution is 0.976. The van der Waals surface area contributed by atoms with E-state index >= 15 is 0 Å². The Kier molecular flexibility index (Phi) is 21.0. The summed E-state index contributed by atoms with van der Waals surface area (Å²) in [6.07, 6.45) is 0. The van der Waals surface area contributed by atoms with Crippen LogP contribution in [0.25, 0.3) is 0 Å². The second-order valence-electron chi connectivity index (χ2n) is 1.36. The van der Waals surface area contributed by atoms with Crippen molar-refractivity contribution in [3.8, 4) is 0 Å². The first-order valence-corrected chi connectivity index (χ1v) is 4.46. The fourth-order valence-electron chi connectivity index (χ4n) is 0.204. The molecule has 0 amide bonds. The molecule has 0 rings (SSSR count). The fraction of sp³-hybridized carbons (Fsp3) is 1.00. The first-order valence-electron chi connectivity index (χ1n) is 3.31. The van der Waals surface area contributed by atoms with Crippen molar-refractivity contribution in [3.63, 3.8) is 0 Å². The van der Waals surface area contributed by atoms with Crippen LogP contribution in [0.1, 0.15) is 13.8 Å². The molecule has 3 heteroatoms. The Balaban J connectivity index is 0. The lowest BCUT2D eigenvalue weighted by Gasteiger charge is -1.80. The minimum absolute atomic E-state index is 0.597. The van der Waals surface area contributed by atoms with E-state index in [1.54, 1.807) is 0 Å². The molecule has 4 N–H and O–H groups in total. The van der Waals surface area contributed by atoms with Gasteiger partial charge in [0.25, 0.3) is 0 Å². The van der Waals surface area contributed by atoms with Gasteiger partial charge >= 0.3 is 0 Å². The highest BCUT2D eigenvalue weighted by Crippen LogP contribution is 1.93. The summed E-state index contributed by atoms with van der Waals surface area (Å²) in [5.41, 5.74) is 9.81. The second kappa shape index (κ2) is 15.7. The summed E-state index contributed by atoms with van der Waals surface area (Å²) in [5, 5.41) is 0. The van der Waals surface area contributed by atoms with Crippen molar-refractivity contribution < 1.29 is 0 Å². The predicted octanol–water partition coefficient (Wildman–Crippen LogP) is 0.663. The molecule has 0 heterocycles. The maximum absolute atomic E-state index is 4.90. The van der Waals surface area contributed by atoms with Gasteiger partial charge in [-0.05, 0) is 11.5 Å². The van der Waals surface area contributed by atoms with Crippen molar-refractivity contribution in [1.29, 1.82) is 0 Å². The third-order valence-corrected chi connectivity index (χ3v) is 1.39. The maximum atomic E-state index is 4.90. The third kappa shape index (κ3) is 30.4. The van der Waals surface area contributed by atoms with Crippen LogP contribution in [0, 0.1) is 0 Å². The van der Waals surface area contributed by atoms with E-state index in [9.17, 15) is 0 Å². The Morgan fingerprint density at radius 1 is 1.00 bits per heavy atom. The van der Waals surface area contributed by atoms with Gasteiger partial charge in [0.2, 0.25) is 0 Å². The Morgan fingerprint density at radius 3 is 1.33 bits per heavy atom. The molecule has 2 nitrogen and oxygen atoms in total. The van der Waals surface area contributed by atoms with Gasteiger partial charge < -0.3 is 11.5 Å². The molecule has 0 spiro atoms. The number of thioether (sulfide) groups is 1. The molecule has 0 aliphatic rings. The Labute approximate surface area is 62.4 Å². The van der Waals surface area contributed by atoms with Crippen LogP contribution in [0.4, 0.5) is 0 Å². The zero-order valence-corrected chi connectivity index (χ0v) is 7.21. The van der Waals surface area contributed by atoms with Crippen LogP contribution < -0.4 is 11.5 Å². The Bertz CT molecular complexity index is 30.2. The summed E-state index contributed by atoms with van der Waals surface area (Å²) >= 11 is 1.96. The van der Waals surface area contributed by atoms with Crippen LogP contribution in [-0.2, 0) is 0 Å². The summed E-state index contributed by atoms with van der Waals surface area (Å²) in [6.45, 7) is 5.54. The van der Waals surface area contributed by atoms with E-state index in [4.69, 9.17) is 11.5 Å². The molecule has 0 aliphatic carbocycles. The summed E-state index contributed by atoms with van der Waals surface area (Å²) in [4.78, 5) is 0. The summed E-state index contributed by atoms with van der Waals surface area (Å²) < 4.78 is 0. The van der Waals surface area contributed by atoms with Gasteiger partial charge in [0.05, 0.1) is 0 Å². The fourth-order valence-corrected chi connectivity index (χ4v) is 0.612. The molecule has 0 aliphatic heterocycles. The van der Waals surface area contributed by atoms with Gasteiger partial charge in [0.15, 0.2) is 0 Å². The first kappa shape index (κ1) is 12.0. The van der Waals surface area contributed by atoms with Gasteiger partial charge in [-0.3, -0.25) is 0 Å². The van der Waals surface area contributed by atoms with Crippen molar-refractivity contribution in [2.45, 2.75) is 13.8 Å². The summed E-state index contributed by atoms with van der Waals surface area (Å²) in [5.74, 6) is 2.52. The van der Waals surface area contributed by atoms with E-state index in [-0.39, 0.29) is 0 Å². The van der Waals surface area contributed by atoms with Gasteiger partial charge in [-0.2, -0.15) is 11.8 Å². The molecular formula is C6H18N2S. The smallest absolute Gasteiger partial charge is 0.00461 e. The van der Waals surface area contributed by atoms with Crippen LogP contribution in [0.15, 0.2) is 0 Å². The third-order valence-electron chi connectivity index (χ3n) is 0.575. The minimum atomic E-state index is 0.597. The maximum Gasteiger partial charge on any atom is 0.00461 e. The largest absolute Gasteiger partial charge is 0.329 e. The number of rotatable bonds is 3. The number of nitrogens with two attached hydrogens (primary N) is 2. The average molecular weight is 150 g/mol. The van der Waals surface area contributed by atoms with Crippen molar-refractivity contribution in [2.24, 2.45) is 11.5 Å². The van der Waals surface area contributed by atoms with Gasteiger partial charge in [-0.15, -0.1) is 0 Å². The monoisotopic (exact) mass is 150 g/mol. The van der Waals surface area contributed by atoms with Gasteiger partial charge in [0, 0.05) is 13.1 Å². The number of hydrogen-bond donors (Lipinski definition) is 2. The molecule has 0 saturated heterocycles. The quantitative estimate of drug-likeness (QED) is 0.621. The molecule has 0 atom stereocenters. The lowest BCUT2D eigenvalue weighted by atomic mass is 10.7. The Hall–Kier alpha value is 0.270. The van der Waals surface area contributed by atoms with E-state index in [0.717, 1.165) is 0 Å². The summed E-state index contributed by atoms with van der Waals surface area (Å²) in [6, 6.07) is 0. The highest BCUT2D eigenvalue weighted by molar-refractivity contribution is 7.99. The van der Waals surface area contributed by atoms with Gasteiger partial charge in [-0.1, -0.05) is 13.8 Å². The first-order chi connectivity index (χ1) is 4.33. The standard InChI is InChI=1S/C4H10S.C2H8N2/c1-3-5-4-2;3-1-2-4/h3-4H2,1-2H3;1-4H2. The van der Waals surface area contributed by atoms with Crippen molar-refractivity contribution in [3.05, 3.63) is 0 Å². The lowest BCUT2D eigenvalue weighted by Crippen LogP contribution is -2.11. The Morgan fingerprint density at radius 2 is 1.33 bits per heavy atom. The SMILES string of the molecule is CCSCC.NCCN. The molecule has 0 fully saturated rings. The van der Waals surface area contributed by atoms with E-state index in [2.05, 4.69) is 13.8 Å². The van der Waals surface area contributed by atoms with Gasteiger partial charge in [-0.25, -0.2) is 0 Å². The molecular weight excluding hydrogens is 132 g/mol. The molecule has 0 aromatic heterocycles. The number of hydrogen-bond acceptors (Lipinski definition) is 3. The zero-order valence-electron chi connectivity index (χ0n) is 6.39. The molecule has 0 bridgehead atoms. The molecule has 0 aromatic carbocycles. The highest BCUT2D eigenvalue weighted by atomic mass is 32.2. The van der Waals surface area contributed by atoms with Crippen molar-refractivity contribution >= 4 is 11.8 Å². The zero-order chi connectivity index (χ0) is 7.54. The van der Waals surface area contributed by atoms with E-state index in [1.165, 1.54) is 11.5 Å². The van der Waals surface area contributed by atoms with E-state index < -0.39 is 0 Å². The van der Waals surface area contributed by atoms with Crippen LogP contribution in [0.5, 0.6) is 0 Å². The normalized spacial score (nSPS) is 8.00. The molecule has 0 saturated carbocycles. The molecule has 0 unspecified atom stereocenters. The van der Waals surface area contributed by atoms with Gasteiger partial charge in [0.1, 0.15) is 0 Å². The minimum Gasteiger partial charge on any atom is -0.329 e.